The molecule has 0 aromatic heterocycles. The zero-order valence-electron chi connectivity index (χ0n) is 21.7. The quantitative estimate of drug-likeness (QED) is 0.324. The lowest BCUT2D eigenvalue weighted by Crippen LogP contribution is -2.52. The summed E-state index contributed by atoms with van der Waals surface area (Å²) in [5.74, 6) is 0. The molecule has 2 atom stereocenters. The van der Waals surface area contributed by atoms with Crippen LogP contribution in [0.5, 0.6) is 0 Å². The largest absolute Gasteiger partial charge is 0.416 e. The van der Waals surface area contributed by atoms with Crippen molar-refractivity contribution in [1.82, 2.24) is 15.1 Å². The van der Waals surface area contributed by atoms with E-state index in [1.54, 1.807) is 25.1 Å². The van der Waals surface area contributed by atoms with Gasteiger partial charge in [0.2, 0.25) is 0 Å². The first-order valence-corrected chi connectivity index (χ1v) is 14.0. The molecule has 1 saturated heterocycles. The number of nitrogens with zero attached hydrogens (tertiary/aromatic N) is 2. The zero-order chi connectivity index (χ0) is 28.4. The van der Waals surface area contributed by atoms with E-state index in [9.17, 15) is 26.3 Å². The Balaban J connectivity index is 1.54. The molecule has 0 amide bonds. The number of hydrogen-bond acceptors (Lipinski definition) is 3. The van der Waals surface area contributed by atoms with Crippen LogP contribution in [0.25, 0.3) is 0 Å². The second-order valence-corrected chi connectivity index (χ2v) is 11.3. The third-order valence-corrected chi connectivity index (χ3v) is 8.60. The van der Waals surface area contributed by atoms with E-state index < -0.39 is 29.5 Å². The molecule has 11 heteroatoms. The fourth-order valence-electron chi connectivity index (χ4n) is 5.74. The van der Waals surface area contributed by atoms with Gasteiger partial charge in [-0.15, -0.1) is 0 Å². The van der Waals surface area contributed by atoms with Crippen molar-refractivity contribution < 1.29 is 26.3 Å². The molecular formula is C28H33Cl2F6N3. The lowest BCUT2D eigenvalue weighted by atomic mass is 9.93. The number of halogens is 8. The van der Waals surface area contributed by atoms with Crippen LogP contribution >= 0.6 is 23.2 Å². The Morgan fingerprint density at radius 3 is 1.90 bits per heavy atom. The Hall–Kier alpha value is -1.52. The molecule has 1 saturated carbocycles. The van der Waals surface area contributed by atoms with Gasteiger partial charge in [0.25, 0.3) is 0 Å². The molecule has 2 aliphatic rings. The number of alkyl halides is 6. The predicted octanol–water partition coefficient (Wildman–Crippen LogP) is 8.37. The molecule has 2 unspecified atom stereocenters. The van der Waals surface area contributed by atoms with Gasteiger partial charge in [-0.05, 0) is 55.7 Å². The number of benzene rings is 2. The van der Waals surface area contributed by atoms with Crippen LogP contribution in [0.3, 0.4) is 0 Å². The highest BCUT2D eigenvalue weighted by molar-refractivity contribution is 6.36. The van der Waals surface area contributed by atoms with Crippen LogP contribution in [-0.2, 0) is 12.4 Å². The fraction of sp³-hybridized carbons (Fsp3) is 0.571. The van der Waals surface area contributed by atoms with Crippen LogP contribution in [0.4, 0.5) is 26.3 Å². The summed E-state index contributed by atoms with van der Waals surface area (Å²) in [7, 11) is 0. The fourth-order valence-corrected chi connectivity index (χ4v) is 6.39. The Kier molecular flexibility index (Phi) is 9.80. The first-order chi connectivity index (χ1) is 18.3. The van der Waals surface area contributed by atoms with Crippen LogP contribution < -0.4 is 5.32 Å². The molecule has 2 aromatic carbocycles. The molecule has 1 aliphatic carbocycles. The van der Waals surface area contributed by atoms with Gasteiger partial charge < -0.3 is 5.32 Å². The predicted molar refractivity (Wildman–Crippen MR) is 142 cm³/mol. The van der Waals surface area contributed by atoms with Gasteiger partial charge in [0, 0.05) is 60.4 Å². The summed E-state index contributed by atoms with van der Waals surface area (Å²) in [6.07, 6.45) is -3.62. The van der Waals surface area contributed by atoms with Crippen molar-refractivity contribution in [3.63, 3.8) is 0 Å². The van der Waals surface area contributed by atoms with E-state index >= 15 is 0 Å². The molecule has 2 aromatic rings. The highest BCUT2D eigenvalue weighted by Crippen LogP contribution is 2.38. The van der Waals surface area contributed by atoms with Crippen LogP contribution in [-0.4, -0.2) is 48.6 Å². The van der Waals surface area contributed by atoms with E-state index in [0.29, 0.717) is 21.7 Å². The third-order valence-electron chi connectivity index (χ3n) is 7.94. The minimum absolute atomic E-state index is 0.0942. The molecule has 1 aliphatic heterocycles. The van der Waals surface area contributed by atoms with Crippen LogP contribution in [0.1, 0.15) is 73.4 Å². The van der Waals surface area contributed by atoms with Crippen LogP contribution in [0.15, 0.2) is 36.4 Å². The van der Waals surface area contributed by atoms with E-state index in [1.807, 2.05) is 0 Å². The average Bonchev–Trinajstić information content (AvgIpc) is 2.89. The van der Waals surface area contributed by atoms with Gasteiger partial charge in [0.05, 0.1) is 17.2 Å². The van der Waals surface area contributed by atoms with Crippen molar-refractivity contribution in [1.29, 1.82) is 0 Å². The smallest absolute Gasteiger partial charge is 0.308 e. The maximum Gasteiger partial charge on any atom is 0.416 e. The first kappa shape index (κ1) is 30.4. The van der Waals surface area contributed by atoms with Crippen molar-refractivity contribution in [2.75, 3.05) is 32.7 Å². The van der Waals surface area contributed by atoms with E-state index in [0.717, 1.165) is 38.3 Å². The van der Waals surface area contributed by atoms with Crippen molar-refractivity contribution in [3.05, 3.63) is 68.7 Å². The molecule has 1 N–H and O–H groups in total. The Morgan fingerprint density at radius 2 is 1.38 bits per heavy atom. The minimum atomic E-state index is -4.90. The standard InChI is InChI=1S/C28H33Cl2F6N3/c1-18(19-14-20(27(31,32)33)16-21(15-19)28(34,35)36)37-17-25(26-23(29)8-5-9-24(26)30)39-12-10-38(11-13-39)22-6-3-2-4-7-22/h5,8-9,14-16,18,22,25,37H,2-4,6-7,10-13,17H2,1H3. The molecule has 216 valence electrons. The summed E-state index contributed by atoms with van der Waals surface area (Å²) >= 11 is 13.1. The lowest BCUT2D eigenvalue weighted by molar-refractivity contribution is -0.143. The van der Waals surface area contributed by atoms with Crippen molar-refractivity contribution in [3.8, 4) is 0 Å². The van der Waals surface area contributed by atoms with Gasteiger partial charge in [-0.1, -0.05) is 48.5 Å². The molecule has 0 bridgehead atoms. The summed E-state index contributed by atoms with van der Waals surface area (Å²) < 4.78 is 80.4. The molecule has 0 spiro atoms. The summed E-state index contributed by atoms with van der Waals surface area (Å²) in [4.78, 5) is 4.78. The first-order valence-electron chi connectivity index (χ1n) is 13.3. The van der Waals surface area contributed by atoms with E-state index in [4.69, 9.17) is 23.2 Å². The van der Waals surface area contributed by atoms with E-state index in [-0.39, 0.29) is 24.2 Å². The van der Waals surface area contributed by atoms with Gasteiger partial charge in [0.15, 0.2) is 0 Å². The summed E-state index contributed by atoms with van der Waals surface area (Å²) in [6, 6.07) is 6.39. The SMILES string of the molecule is CC(NCC(c1c(Cl)cccc1Cl)N1CCN(C2CCCCC2)CC1)c1cc(C(F)(F)F)cc(C(F)(F)F)c1. The summed E-state index contributed by atoms with van der Waals surface area (Å²) in [6.45, 7) is 5.05. The average molecular weight is 596 g/mol. The maximum absolute atomic E-state index is 13.4. The van der Waals surface area contributed by atoms with Gasteiger partial charge in [-0.3, -0.25) is 9.80 Å². The van der Waals surface area contributed by atoms with Crippen molar-refractivity contribution >= 4 is 23.2 Å². The Bertz CT molecular complexity index is 1060. The molecule has 2 fully saturated rings. The second-order valence-electron chi connectivity index (χ2n) is 10.5. The van der Waals surface area contributed by atoms with Gasteiger partial charge in [-0.25, -0.2) is 0 Å². The highest BCUT2D eigenvalue weighted by Gasteiger charge is 2.37. The molecule has 4 rings (SSSR count). The lowest BCUT2D eigenvalue weighted by Gasteiger charge is -2.44. The van der Waals surface area contributed by atoms with Gasteiger partial charge in [-0.2, -0.15) is 26.3 Å². The Labute approximate surface area is 235 Å². The number of hydrogen-bond donors (Lipinski definition) is 1. The van der Waals surface area contributed by atoms with Crippen molar-refractivity contribution in [2.24, 2.45) is 0 Å². The zero-order valence-corrected chi connectivity index (χ0v) is 23.2. The van der Waals surface area contributed by atoms with Gasteiger partial charge >= 0.3 is 12.4 Å². The maximum atomic E-state index is 13.4. The molecule has 39 heavy (non-hydrogen) atoms. The minimum Gasteiger partial charge on any atom is -0.308 e. The van der Waals surface area contributed by atoms with E-state index in [2.05, 4.69) is 15.1 Å². The topological polar surface area (TPSA) is 18.5 Å². The van der Waals surface area contributed by atoms with E-state index in [1.165, 1.54) is 32.1 Å². The highest BCUT2D eigenvalue weighted by atomic mass is 35.5. The molecule has 3 nitrogen and oxygen atoms in total. The third kappa shape index (κ3) is 7.61. The monoisotopic (exact) mass is 595 g/mol. The van der Waals surface area contributed by atoms with Crippen LogP contribution in [0, 0.1) is 0 Å². The normalized spacial score (nSPS) is 20.2. The second kappa shape index (κ2) is 12.6. The molecule has 1 heterocycles. The van der Waals surface area contributed by atoms with Crippen molar-refractivity contribution in [2.45, 2.75) is 69.5 Å². The number of piperazine rings is 1. The van der Waals surface area contributed by atoms with Gasteiger partial charge in [0.1, 0.15) is 0 Å². The summed E-state index contributed by atoms with van der Waals surface area (Å²) in [5.41, 5.74) is -2.05. The number of nitrogens with one attached hydrogen (secondary N) is 1. The number of rotatable bonds is 7. The molecule has 0 radical (unpaired) electrons. The summed E-state index contributed by atoms with van der Waals surface area (Å²) in [5, 5.41) is 4.11. The molecular weight excluding hydrogens is 563 g/mol. The Morgan fingerprint density at radius 1 is 0.846 bits per heavy atom. The van der Waals surface area contributed by atoms with Crippen LogP contribution in [0.2, 0.25) is 10.0 Å².